The minimum absolute atomic E-state index is 0.314. The van der Waals surface area contributed by atoms with Crippen molar-refractivity contribution in [1.29, 1.82) is 0 Å². The number of hydrogen-bond donors (Lipinski definition) is 1. The molecule has 1 N–H and O–H groups in total. The number of carboxylic acid groups (broad SMARTS) is 1. The minimum atomic E-state index is -0.894. The van der Waals surface area contributed by atoms with Crippen LogP contribution >= 0.6 is 0 Å². The first-order chi connectivity index (χ1) is 8.18. The van der Waals surface area contributed by atoms with Crippen LogP contribution in [0.4, 0.5) is 0 Å². The predicted molar refractivity (Wildman–Crippen MR) is 63.9 cm³/mol. The van der Waals surface area contributed by atoms with Crippen molar-refractivity contribution >= 4 is 5.97 Å². The summed E-state index contributed by atoms with van der Waals surface area (Å²) in [7, 11) is 1.68. The second kappa shape index (κ2) is 5.31. The van der Waals surface area contributed by atoms with Gasteiger partial charge in [-0.1, -0.05) is 12.8 Å². The third kappa shape index (κ3) is 2.85. The molecule has 2 heterocycles. The Balaban J connectivity index is 2.09. The van der Waals surface area contributed by atoms with Crippen molar-refractivity contribution < 1.29 is 9.90 Å². The van der Waals surface area contributed by atoms with E-state index in [4.69, 9.17) is 5.11 Å². The number of aryl methyl sites for hydroxylation is 1. The van der Waals surface area contributed by atoms with Crippen molar-refractivity contribution in [1.82, 2.24) is 14.7 Å². The van der Waals surface area contributed by atoms with E-state index in [1.165, 1.54) is 30.4 Å². The van der Waals surface area contributed by atoms with Gasteiger partial charge < -0.3 is 5.11 Å². The van der Waals surface area contributed by atoms with Gasteiger partial charge in [0.05, 0.1) is 6.20 Å². The van der Waals surface area contributed by atoms with Crippen LogP contribution in [-0.4, -0.2) is 38.8 Å². The Bertz CT molecular complexity index is 392. The van der Waals surface area contributed by atoms with Gasteiger partial charge in [0.1, 0.15) is 0 Å². The molecule has 5 nitrogen and oxygen atoms in total. The normalized spacial score (nSPS) is 17.9. The van der Waals surface area contributed by atoms with Crippen LogP contribution in [0.2, 0.25) is 0 Å². The van der Waals surface area contributed by atoms with Gasteiger partial charge in [0.25, 0.3) is 0 Å². The van der Waals surface area contributed by atoms with Crippen LogP contribution in [0.1, 0.15) is 41.7 Å². The van der Waals surface area contributed by atoms with Gasteiger partial charge in [-0.3, -0.25) is 9.58 Å². The van der Waals surface area contributed by atoms with Crippen molar-refractivity contribution in [2.75, 3.05) is 13.1 Å². The fourth-order valence-electron chi connectivity index (χ4n) is 2.41. The number of rotatable bonds is 3. The number of nitrogens with zero attached hydrogens (tertiary/aromatic N) is 3. The zero-order chi connectivity index (χ0) is 12.3. The van der Waals surface area contributed by atoms with E-state index >= 15 is 0 Å². The third-order valence-corrected chi connectivity index (χ3v) is 3.31. The molecule has 1 aliphatic heterocycles. The molecule has 0 spiro atoms. The van der Waals surface area contributed by atoms with Gasteiger partial charge in [0.15, 0.2) is 5.69 Å². The fourth-order valence-corrected chi connectivity index (χ4v) is 2.41. The summed E-state index contributed by atoms with van der Waals surface area (Å²) in [5.41, 5.74) is 1.14. The smallest absolute Gasteiger partial charge is 0.354 e. The molecule has 0 unspecified atom stereocenters. The summed E-state index contributed by atoms with van der Waals surface area (Å²) in [6.07, 6.45) is 6.67. The van der Waals surface area contributed by atoms with Gasteiger partial charge >= 0.3 is 5.97 Å². The Morgan fingerprint density at radius 3 is 2.59 bits per heavy atom. The van der Waals surface area contributed by atoms with Crippen LogP contribution in [0.3, 0.4) is 0 Å². The summed E-state index contributed by atoms with van der Waals surface area (Å²) < 4.78 is 1.44. The molecule has 1 aliphatic rings. The Labute approximate surface area is 101 Å². The predicted octanol–water partition coefficient (Wildman–Crippen LogP) is 1.49. The van der Waals surface area contributed by atoms with E-state index in [1.54, 1.807) is 13.2 Å². The summed E-state index contributed by atoms with van der Waals surface area (Å²) in [5, 5.41) is 13.2. The van der Waals surface area contributed by atoms with Crippen LogP contribution in [0, 0.1) is 0 Å². The second-order valence-electron chi connectivity index (χ2n) is 4.64. The van der Waals surface area contributed by atoms with Crippen molar-refractivity contribution in [3.05, 3.63) is 17.5 Å². The quantitative estimate of drug-likeness (QED) is 0.865. The second-order valence-corrected chi connectivity index (χ2v) is 4.64. The molecule has 1 fully saturated rings. The summed E-state index contributed by atoms with van der Waals surface area (Å²) in [4.78, 5) is 13.5. The van der Waals surface area contributed by atoms with Crippen molar-refractivity contribution in [2.24, 2.45) is 7.05 Å². The van der Waals surface area contributed by atoms with Crippen LogP contribution < -0.4 is 0 Å². The number of aromatic nitrogens is 2. The molecule has 0 saturated carbocycles. The Kier molecular flexibility index (Phi) is 3.78. The maximum absolute atomic E-state index is 11.1. The van der Waals surface area contributed by atoms with Gasteiger partial charge in [0.2, 0.25) is 0 Å². The number of hydrogen-bond acceptors (Lipinski definition) is 3. The molecular weight excluding hydrogens is 218 g/mol. The van der Waals surface area contributed by atoms with Gasteiger partial charge in [-0.15, -0.1) is 0 Å². The van der Waals surface area contributed by atoms with E-state index < -0.39 is 5.97 Å². The van der Waals surface area contributed by atoms with Crippen molar-refractivity contribution in [2.45, 2.75) is 32.2 Å². The number of aromatic carboxylic acids is 1. The van der Waals surface area contributed by atoms with Crippen molar-refractivity contribution in [3.8, 4) is 0 Å². The number of carbonyl (C=O) groups is 1. The van der Waals surface area contributed by atoms with E-state index in [2.05, 4.69) is 10.00 Å². The first kappa shape index (κ1) is 12.1. The topological polar surface area (TPSA) is 58.4 Å². The zero-order valence-corrected chi connectivity index (χ0v) is 10.2. The summed E-state index contributed by atoms with van der Waals surface area (Å²) in [6, 6.07) is 0. The first-order valence-electron chi connectivity index (χ1n) is 6.15. The maximum Gasteiger partial charge on any atom is 0.354 e. The van der Waals surface area contributed by atoms with E-state index in [0.29, 0.717) is 12.2 Å². The van der Waals surface area contributed by atoms with Crippen LogP contribution in [0.5, 0.6) is 0 Å². The highest BCUT2D eigenvalue weighted by Crippen LogP contribution is 2.15. The molecule has 0 amide bonds. The SMILES string of the molecule is Cn1ncc(CN2CCCCCC2)c1C(=O)O. The molecule has 2 rings (SSSR count). The van der Waals surface area contributed by atoms with E-state index in [0.717, 1.165) is 18.7 Å². The average Bonchev–Trinajstić information content (AvgIpc) is 2.51. The molecule has 0 bridgehead atoms. The van der Waals surface area contributed by atoms with Gasteiger partial charge in [-0.25, -0.2) is 4.79 Å². The fraction of sp³-hybridized carbons (Fsp3) is 0.667. The molecule has 0 aliphatic carbocycles. The highest BCUT2D eigenvalue weighted by atomic mass is 16.4. The molecule has 0 atom stereocenters. The lowest BCUT2D eigenvalue weighted by Gasteiger charge is -2.19. The molecular formula is C12H19N3O2. The highest BCUT2D eigenvalue weighted by Gasteiger charge is 2.18. The standard InChI is InChI=1S/C12H19N3O2/c1-14-11(12(16)17)10(8-13-14)9-15-6-4-2-3-5-7-15/h8H,2-7,9H2,1H3,(H,16,17). The largest absolute Gasteiger partial charge is 0.477 e. The lowest BCUT2D eigenvalue weighted by molar-refractivity contribution is 0.0682. The Morgan fingerprint density at radius 1 is 1.35 bits per heavy atom. The van der Waals surface area contributed by atoms with Crippen molar-refractivity contribution in [3.63, 3.8) is 0 Å². The van der Waals surface area contributed by atoms with Gasteiger partial charge in [-0.2, -0.15) is 5.10 Å². The third-order valence-electron chi connectivity index (χ3n) is 3.31. The van der Waals surface area contributed by atoms with E-state index in [1.807, 2.05) is 0 Å². The Hall–Kier alpha value is -1.36. The molecule has 5 heteroatoms. The monoisotopic (exact) mass is 237 g/mol. The number of carboxylic acids is 1. The summed E-state index contributed by atoms with van der Waals surface area (Å²) >= 11 is 0. The molecule has 1 aromatic heterocycles. The molecule has 17 heavy (non-hydrogen) atoms. The number of likely N-dealkylation sites (tertiary alicyclic amines) is 1. The molecule has 1 saturated heterocycles. The molecule has 0 radical (unpaired) electrons. The lowest BCUT2D eigenvalue weighted by Crippen LogP contribution is -2.25. The van der Waals surface area contributed by atoms with E-state index in [-0.39, 0.29) is 0 Å². The van der Waals surface area contributed by atoms with Gasteiger partial charge in [-0.05, 0) is 25.9 Å². The Morgan fingerprint density at radius 2 is 2.00 bits per heavy atom. The zero-order valence-electron chi connectivity index (χ0n) is 10.2. The summed E-state index contributed by atoms with van der Waals surface area (Å²) in [6.45, 7) is 2.83. The van der Waals surface area contributed by atoms with Crippen LogP contribution in [0.25, 0.3) is 0 Å². The lowest BCUT2D eigenvalue weighted by atomic mass is 10.2. The summed E-state index contributed by atoms with van der Waals surface area (Å²) in [5.74, 6) is -0.894. The van der Waals surface area contributed by atoms with Gasteiger partial charge in [0, 0.05) is 19.2 Å². The maximum atomic E-state index is 11.1. The minimum Gasteiger partial charge on any atom is -0.477 e. The highest BCUT2D eigenvalue weighted by molar-refractivity contribution is 5.87. The van der Waals surface area contributed by atoms with E-state index in [9.17, 15) is 4.79 Å². The average molecular weight is 237 g/mol. The molecule has 0 aromatic carbocycles. The van der Waals surface area contributed by atoms with Crippen LogP contribution in [-0.2, 0) is 13.6 Å². The molecule has 94 valence electrons. The molecule has 1 aromatic rings. The first-order valence-corrected chi connectivity index (χ1v) is 6.15. The van der Waals surface area contributed by atoms with Crippen LogP contribution in [0.15, 0.2) is 6.20 Å².